The maximum atomic E-state index is 12.4. The number of aryl methyl sites for hydroxylation is 2. The third-order valence-corrected chi connectivity index (χ3v) is 5.55. The molecular formula is C23H32N6O2. The molecule has 1 unspecified atom stereocenters. The third-order valence-electron chi connectivity index (χ3n) is 5.55. The number of benzene rings is 1. The molecule has 1 aromatic carbocycles. The predicted molar refractivity (Wildman–Crippen MR) is 120 cm³/mol. The van der Waals surface area contributed by atoms with Crippen LogP contribution in [-0.2, 0) is 24.2 Å². The van der Waals surface area contributed by atoms with Crippen LogP contribution < -0.4 is 5.32 Å². The van der Waals surface area contributed by atoms with E-state index in [4.69, 9.17) is 4.74 Å². The van der Waals surface area contributed by atoms with E-state index < -0.39 is 5.60 Å². The van der Waals surface area contributed by atoms with Crippen LogP contribution >= 0.6 is 0 Å². The number of fused-ring (bicyclic) bond motifs is 1. The Morgan fingerprint density at radius 1 is 1.23 bits per heavy atom. The fourth-order valence-electron chi connectivity index (χ4n) is 3.99. The number of imidazole rings is 1. The third kappa shape index (κ3) is 5.37. The first-order valence-corrected chi connectivity index (χ1v) is 11.0. The van der Waals surface area contributed by atoms with Gasteiger partial charge in [-0.25, -0.2) is 9.78 Å². The van der Waals surface area contributed by atoms with Crippen LogP contribution in [0.4, 0.5) is 4.79 Å². The Balaban J connectivity index is 1.28. The number of carbonyl (C=O) groups excluding carboxylic acids is 1. The molecule has 2 aromatic rings. The number of carbonyl (C=O) groups is 1. The quantitative estimate of drug-likeness (QED) is 0.798. The second kappa shape index (κ2) is 8.99. The summed E-state index contributed by atoms with van der Waals surface area (Å²) in [4.78, 5) is 25.6. The smallest absolute Gasteiger partial charge is 0.410 e. The molecule has 31 heavy (non-hydrogen) atoms. The maximum Gasteiger partial charge on any atom is 0.410 e. The van der Waals surface area contributed by atoms with Crippen LogP contribution in [0.25, 0.3) is 0 Å². The first-order valence-electron chi connectivity index (χ1n) is 11.0. The molecule has 1 amide bonds. The largest absolute Gasteiger partial charge is 0.444 e. The van der Waals surface area contributed by atoms with E-state index >= 15 is 0 Å². The first kappa shape index (κ1) is 21.2. The van der Waals surface area contributed by atoms with Crippen molar-refractivity contribution in [3.8, 4) is 0 Å². The molecule has 0 aliphatic carbocycles. The summed E-state index contributed by atoms with van der Waals surface area (Å²) in [5.74, 6) is 1.89. The van der Waals surface area contributed by atoms with Gasteiger partial charge in [0, 0.05) is 38.6 Å². The molecule has 1 fully saturated rings. The molecule has 2 aliphatic rings. The van der Waals surface area contributed by atoms with Gasteiger partial charge in [-0.3, -0.25) is 4.99 Å². The summed E-state index contributed by atoms with van der Waals surface area (Å²) in [5, 5.41) is 3.46. The minimum atomic E-state index is -0.477. The summed E-state index contributed by atoms with van der Waals surface area (Å²) in [5.41, 5.74) is 0.844. The van der Waals surface area contributed by atoms with E-state index in [2.05, 4.69) is 49.0 Å². The number of piperazine rings is 1. The summed E-state index contributed by atoms with van der Waals surface area (Å²) in [6, 6.07) is 10.7. The zero-order valence-electron chi connectivity index (χ0n) is 18.6. The number of aliphatic imine (C=N–C) groups is 1. The number of ether oxygens (including phenoxy) is 1. The van der Waals surface area contributed by atoms with E-state index in [-0.39, 0.29) is 12.1 Å². The number of nitrogens with zero attached hydrogens (tertiary/aromatic N) is 5. The van der Waals surface area contributed by atoms with Crippen molar-refractivity contribution in [3.05, 3.63) is 54.1 Å². The van der Waals surface area contributed by atoms with Crippen LogP contribution in [0.15, 0.2) is 47.7 Å². The molecule has 4 rings (SSSR count). The van der Waals surface area contributed by atoms with Gasteiger partial charge in [0.15, 0.2) is 5.96 Å². The minimum Gasteiger partial charge on any atom is -0.444 e. The summed E-state index contributed by atoms with van der Waals surface area (Å²) in [6.45, 7) is 9.91. The van der Waals surface area contributed by atoms with Crippen LogP contribution in [-0.4, -0.2) is 69.2 Å². The highest BCUT2D eigenvalue weighted by atomic mass is 16.6. The Bertz CT molecular complexity index is 918. The number of aromatic nitrogens is 2. The normalized spacial score (nSPS) is 18.5. The Labute approximate surface area is 183 Å². The lowest BCUT2D eigenvalue weighted by atomic mass is 10.1. The van der Waals surface area contributed by atoms with Gasteiger partial charge in [-0.15, -0.1) is 0 Å². The highest BCUT2D eigenvalue weighted by Crippen LogP contribution is 2.19. The van der Waals surface area contributed by atoms with Gasteiger partial charge >= 0.3 is 6.09 Å². The molecule has 8 heteroatoms. The van der Waals surface area contributed by atoms with Gasteiger partial charge in [-0.1, -0.05) is 30.3 Å². The monoisotopic (exact) mass is 424 g/mol. The SMILES string of the molecule is CC(C)(C)OC(=O)N1CCN2C(NCc3nccn3CCc3ccccc3)=NCC2C1. The topological polar surface area (TPSA) is 75.0 Å². The van der Waals surface area contributed by atoms with E-state index in [0.717, 1.165) is 31.3 Å². The molecule has 3 heterocycles. The lowest BCUT2D eigenvalue weighted by Crippen LogP contribution is -2.57. The van der Waals surface area contributed by atoms with Gasteiger partial charge in [0.05, 0.1) is 19.1 Å². The zero-order chi connectivity index (χ0) is 21.8. The van der Waals surface area contributed by atoms with Crippen molar-refractivity contribution in [3.63, 3.8) is 0 Å². The Morgan fingerprint density at radius 2 is 2.03 bits per heavy atom. The average Bonchev–Trinajstić information content (AvgIpc) is 3.36. The van der Waals surface area contributed by atoms with Crippen molar-refractivity contribution in [1.29, 1.82) is 0 Å². The molecule has 1 N–H and O–H groups in total. The lowest BCUT2D eigenvalue weighted by molar-refractivity contribution is 0.0137. The van der Waals surface area contributed by atoms with Crippen LogP contribution in [0.3, 0.4) is 0 Å². The summed E-state index contributed by atoms with van der Waals surface area (Å²) in [6.07, 6.45) is 4.61. The van der Waals surface area contributed by atoms with Crippen LogP contribution in [0.1, 0.15) is 32.2 Å². The van der Waals surface area contributed by atoms with Gasteiger partial charge in [0.1, 0.15) is 11.4 Å². The van der Waals surface area contributed by atoms with Crippen LogP contribution in [0.2, 0.25) is 0 Å². The van der Waals surface area contributed by atoms with Gasteiger partial charge in [-0.05, 0) is 32.8 Å². The Kier molecular flexibility index (Phi) is 6.15. The number of nitrogens with one attached hydrogen (secondary N) is 1. The fourth-order valence-corrected chi connectivity index (χ4v) is 3.99. The predicted octanol–water partition coefficient (Wildman–Crippen LogP) is 2.51. The van der Waals surface area contributed by atoms with Crippen molar-refractivity contribution in [2.24, 2.45) is 4.99 Å². The number of guanidine groups is 1. The highest BCUT2D eigenvalue weighted by Gasteiger charge is 2.36. The maximum absolute atomic E-state index is 12.4. The zero-order valence-corrected chi connectivity index (χ0v) is 18.6. The van der Waals surface area contributed by atoms with E-state index in [0.29, 0.717) is 26.2 Å². The van der Waals surface area contributed by atoms with Crippen LogP contribution in [0, 0.1) is 0 Å². The molecule has 166 valence electrons. The number of rotatable bonds is 5. The van der Waals surface area contributed by atoms with Gasteiger partial charge in [0.25, 0.3) is 0 Å². The molecular weight excluding hydrogens is 392 g/mol. The standard InChI is InChI=1S/C23H32N6O2/c1-23(2,3)31-22(30)28-13-14-29-19(17-28)15-25-21(29)26-16-20-24-10-12-27(20)11-9-18-7-5-4-6-8-18/h4-8,10,12,19H,9,11,13-17H2,1-3H3,(H,25,26). The lowest BCUT2D eigenvalue weighted by Gasteiger charge is -2.39. The van der Waals surface area contributed by atoms with Crippen molar-refractivity contribution in [2.45, 2.75) is 51.9 Å². The van der Waals surface area contributed by atoms with Crippen molar-refractivity contribution in [2.75, 3.05) is 26.2 Å². The van der Waals surface area contributed by atoms with Gasteiger partial charge in [0.2, 0.25) is 0 Å². The van der Waals surface area contributed by atoms with E-state index in [1.54, 1.807) is 4.90 Å². The molecule has 0 bridgehead atoms. The number of hydrogen-bond acceptors (Lipinski definition) is 6. The first-order chi connectivity index (χ1) is 14.9. The van der Waals surface area contributed by atoms with E-state index in [9.17, 15) is 4.79 Å². The van der Waals surface area contributed by atoms with Crippen molar-refractivity contribution in [1.82, 2.24) is 24.7 Å². The van der Waals surface area contributed by atoms with Crippen molar-refractivity contribution >= 4 is 12.1 Å². The van der Waals surface area contributed by atoms with E-state index in [1.165, 1.54) is 5.56 Å². The summed E-state index contributed by atoms with van der Waals surface area (Å²) < 4.78 is 7.71. The second-order valence-electron chi connectivity index (χ2n) is 9.06. The molecule has 1 atom stereocenters. The molecule has 1 aromatic heterocycles. The summed E-state index contributed by atoms with van der Waals surface area (Å²) in [7, 11) is 0. The molecule has 2 aliphatic heterocycles. The molecule has 0 radical (unpaired) electrons. The van der Waals surface area contributed by atoms with Crippen molar-refractivity contribution < 1.29 is 9.53 Å². The van der Waals surface area contributed by atoms with Gasteiger partial charge in [-0.2, -0.15) is 0 Å². The highest BCUT2D eigenvalue weighted by molar-refractivity contribution is 5.82. The molecule has 0 spiro atoms. The second-order valence-corrected chi connectivity index (χ2v) is 9.06. The molecule has 1 saturated heterocycles. The number of hydrogen-bond donors (Lipinski definition) is 1. The fraction of sp³-hybridized carbons (Fsp3) is 0.522. The molecule has 0 saturated carbocycles. The Morgan fingerprint density at radius 3 is 2.81 bits per heavy atom. The number of amides is 1. The minimum absolute atomic E-state index is 0.196. The molecule has 8 nitrogen and oxygen atoms in total. The van der Waals surface area contributed by atoms with Crippen LogP contribution in [0.5, 0.6) is 0 Å². The average molecular weight is 425 g/mol. The Hall–Kier alpha value is -3.03. The summed E-state index contributed by atoms with van der Waals surface area (Å²) >= 11 is 0. The van der Waals surface area contributed by atoms with E-state index in [1.807, 2.05) is 39.2 Å². The van der Waals surface area contributed by atoms with Gasteiger partial charge < -0.3 is 24.4 Å².